The number of hydrogen-bond acceptors (Lipinski definition) is 4. The molecule has 0 atom stereocenters. The quantitative estimate of drug-likeness (QED) is 0.820. The Labute approximate surface area is 112 Å². The zero-order valence-electron chi connectivity index (χ0n) is 10.8. The lowest BCUT2D eigenvalue weighted by atomic mass is 10.4. The van der Waals surface area contributed by atoms with Crippen molar-refractivity contribution in [3.8, 4) is 0 Å². The van der Waals surface area contributed by atoms with Crippen LogP contribution in [-0.4, -0.2) is 31.7 Å². The van der Waals surface area contributed by atoms with E-state index in [0.717, 1.165) is 24.7 Å². The van der Waals surface area contributed by atoms with Crippen LogP contribution in [0.15, 0.2) is 22.6 Å². The Morgan fingerprint density at radius 2 is 2.16 bits per heavy atom. The number of nitrogens with zero attached hydrogens (tertiary/aromatic N) is 1. The highest BCUT2D eigenvalue weighted by molar-refractivity contribution is 7.87. The molecule has 0 bridgehead atoms. The van der Waals surface area contributed by atoms with Gasteiger partial charge in [-0.2, -0.15) is 12.7 Å². The smallest absolute Gasteiger partial charge is 0.304 e. The molecule has 1 aliphatic rings. The van der Waals surface area contributed by atoms with E-state index < -0.39 is 16.1 Å². The fraction of sp³-hybridized carbons (Fsp3) is 0.417. The summed E-state index contributed by atoms with van der Waals surface area (Å²) in [6, 6.07) is 3.47. The average Bonchev–Trinajstić information content (AvgIpc) is 3.08. The second kappa shape index (κ2) is 5.18. The van der Waals surface area contributed by atoms with Gasteiger partial charge < -0.3 is 4.42 Å². The van der Waals surface area contributed by atoms with Gasteiger partial charge >= 0.3 is 10.2 Å². The summed E-state index contributed by atoms with van der Waals surface area (Å²) in [6.07, 6.45) is 4.24. The summed E-state index contributed by atoms with van der Waals surface area (Å²) in [5.74, 6) is 0.531. The van der Waals surface area contributed by atoms with Gasteiger partial charge in [-0.05, 0) is 38.0 Å². The van der Waals surface area contributed by atoms with E-state index in [4.69, 9.17) is 4.42 Å². The molecule has 0 aromatic carbocycles. The molecule has 0 unspecified atom stereocenters. The molecule has 19 heavy (non-hydrogen) atoms. The van der Waals surface area contributed by atoms with E-state index in [2.05, 4.69) is 0 Å². The number of aryl methyl sites for hydroxylation is 1. The highest BCUT2D eigenvalue weighted by Gasteiger charge is 2.34. The van der Waals surface area contributed by atoms with Crippen molar-refractivity contribution in [2.45, 2.75) is 25.8 Å². The summed E-state index contributed by atoms with van der Waals surface area (Å²) in [7, 11) is -2.28. The van der Waals surface area contributed by atoms with Gasteiger partial charge in [-0.3, -0.25) is 4.79 Å². The molecule has 1 amide bonds. The standard InChI is InChI=1S/C12H16N2O4S/c1-9-3-6-11(18-9)7-8-12(15)13-19(16,17)14(2)10-4-5-10/h3,6-8,10H,4-5H2,1-2H3,(H,13,15)/b8-7+. The van der Waals surface area contributed by atoms with Crippen molar-refractivity contribution < 1.29 is 17.6 Å². The molecule has 1 fully saturated rings. The lowest BCUT2D eigenvalue weighted by Crippen LogP contribution is -2.41. The SMILES string of the molecule is Cc1ccc(/C=C/C(=O)NS(=O)(=O)N(C)C2CC2)o1. The molecule has 0 radical (unpaired) electrons. The largest absolute Gasteiger partial charge is 0.462 e. The fourth-order valence-electron chi connectivity index (χ4n) is 1.57. The summed E-state index contributed by atoms with van der Waals surface area (Å²) in [4.78, 5) is 11.5. The van der Waals surface area contributed by atoms with Gasteiger partial charge in [0.05, 0.1) is 0 Å². The first-order valence-electron chi connectivity index (χ1n) is 5.93. The second-order valence-electron chi connectivity index (χ2n) is 4.50. The molecule has 2 rings (SSSR count). The second-order valence-corrected chi connectivity index (χ2v) is 6.23. The Kier molecular flexibility index (Phi) is 3.77. The lowest BCUT2D eigenvalue weighted by molar-refractivity contribution is -0.114. The van der Waals surface area contributed by atoms with Crippen LogP contribution in [-0.2, 0) is 15.0 Å². The topological polar surface area (TPSA) is 79.6 Å². The van der Waals surface area contributed by atoms with E-state index in [0.29, 0.717) is 5.76 Å². The monoisotopic (exact) mass is 284 g/mol. The Hall–Kier alpha value is -1.60. The highest BCUT2D eigenvalue weighted by Crippen LogP contribution is 2.26. The fourth-order valence-corrected chi connectivity index (χ4v) is 2.64. The van der Waals surface area contributed by atoms with Gasteiger partial charge in [-0.15, -0.1) is 0 Å². The zero-order valence-corrected chi connectivity index (χ0v) is 11.6. The van der Waals surface area contributed by atoms with Crippen LogP contribution in [0.3, 0.4) is 0 Å². The first-order chi connectivity index (χ1) is 8.88. The maximum atomic E-state index is 11.8. The van der Waals surface area contributed by atoms with Crippen molar-refractivity contribution in [1.29, 1.82) is 0 Å². The van der Waals surface area contributed by atoms with Crippen LogP contribution in [0.1, 0.15) is 24.4 Å². The number of nitrogens with one attached hydrogen (secondary N) is 1. The summed E-state index contributed by atoms with van der Waals surface area (Å²) in [5, 5.41) is 0. The van der Waals surface area contributed by atoms with Crippen LogP contribution in [0.4, 0.5) is 0 Å². The maximum Gasteiger partial charge on any atom is 0.304 e. The van der Waals surface area contributed by atoms with Crippen molar-refractivity contribution in [2.24, 2.45) is 0 Å². The first-order valence-corrected chi connectivity index (χ1v) is 7.37. The molecule has 1 aromatic heterocycles. The Morgan fingerprint density at radius 3 is 2.68 bits per heavy atom. The lowest BCUT2D eigenvalue weighted by Gasteiger charge is -2.15. The molecule has 0 saturated heterocycles. The van der Waals surface area contributed by atoms with Crippen LogP contribution in [0.2, 0.25) is 0 Å². The van der Waals surface area contributed by atoms with Gasteiger partial charge in [-0.25, -0.2) is 4.72 Å². The molecule has 7 heteroatoms. The predicted molar refractivity (Wildman–Crippen MR) is 70.3 cm³/mol. The molecule has 1 aliphatic carbocycles. The van der Waals surface area contributed by atoms with Gasteiger partial charge in [-0.1, -0.05) is 0 Å². The molecule has 1 aromatic rings. The van der Waals surface area contributed by atoms with Crippen molar-refractivity contribution in [2.75, 3.05) is 7.05 Å². The molecular formula is C12H16N2O4S. The zero-order chi connectivity index (χ0) is 14.0. The number of hydrogen-bond donors (Lipinski definition) is 1. The van der Waals surface area contributed by atoms with E-state index in [1.165, 1.54) is 17.4 Å². The van der Waals surface area contributed by atoms with Crippen molar-refractivity contribution >= 4 is 22.2 Å². The first kappa shape index (κ1) is 13.8. The minimum absolute atomic E-state index is 0.0157. The van der Waals surface area contributed by atoms with Crippen LogP contribution in [0.25, 0.3) is 6.08 Å². The van der Waals surface area contributed by atoms with E-state index in [1.807, 2.05) is 4.72 Å². The number of carbonyl (C=O) groups excluding carboxylic acids is 1. The third-order valence-corrected chi connectivity index (χ3v) is 4.35. The molecule has 104 valence electrons. The number of rotatable bonds is 5. The van der Waals surface area contributed by atoms with Gasteiger partial charge in [0.1, 0.15) is 11.5 Å². The number of furan rings is 1. The molecule has 0 spiro atoms. The predicted octanol–water partition coefficient (Wildman–Crippen LogP) is 1.06. The third kappa shape index (κ3) is 3.68. The van der Waals surface area contributed by atoms with E-state index in [1.54, 1.807) is 19.1 Å². The van der Waals surface area contributed by atoms with E-state index in [-0.39, 0.29) is 6.04 Å². The van der Waals surface area contributed by atoms with Gasteiger partial charge in [0, 0.05) is 19.2 Å². The van der Waals surface area contributed by atoms with Crippen molar-refractivity contribution in [3.63, 3.8) is 0 Å². The van der Waals surface area contributed by atoms with Crippen LogP contribution in [0.5, 0.6) is 0 Å². The molecule has 1 N–H and O–H groups in total. The summed E-state index contributed by atoms with van der Waals surface area (Å²) >= 11 is 0. The van der Waals surface area contributed by atoms with Gasteiger partial charge in [0.25, 0.3) is 5.91 Å². The van der Waals surface area contributed by atoms with Gasteiger partial charge in [0.15, 0.2) is 0 Å². The maximum absolute atomic E-state index is 11.8. The van der Waals surface area contributed by atoms with Crippen LogP contribution in [0, 0.1) is 6.92 Å². The molecule has 1 heterocycles. The summed E-state index contributed by atoms with van der Waals surface area (Å²) in [5.41, 5.74) is 0. The molecule has 6 nitrogen and oxygen atoms in total. The van der Waals surface area contributed by atoms with Crippen LogP contribution < -0.4 is 4.72 Å². The summed E-state index contributed by atoms with van der Waals surface area (Å²) < 4.78 is 32.0. The van der Waals surface area contributed by atoms with E-state index >= 15 is 0 Å². The minimum atomic E-state index is -3.74. The molecular weight excluding hydrogens is 268 g/mol. The third-order valence-electron chi connectivity index (χ3n) is 2.83. The summed E-state index contributed by atoms with van der Waals surface area (Å²) in [6.45, 7) is 1.78. The Bertz CT molecular complexity index is 599. The average molecular weight is 284 g/mol. The van der Waals surface area contributed by atoms with Crippen LogP contribution >= 0.6 is 0 Å². The number of carbonyl (C=O) groups is 1. The highest BCUT2D eigenvalue weighted by atomic mass is 32.2. The van der Waals surface area contributed by atoms with Crippen molar-refractivity contribution in [3.05, 3.63) is 29.7 Å². The normalized spacial score (nSPS) is 16.2. The minimum Gasteiger partial charge on any atom is -0.462 e. The Balaban J connectivity index is 1.95. The van der Waals surface area contributed by atoms with Gasteiger partial charge in [0.2, 0.25) is 0 Å². The number of amides is 1. The Morgan fingerprint density at radius 1 is 1.47 bits per heavy atom. The molecule has 1 saturated carbocycles. The molecule has 0 aliphatic heterocycles. The van der Waals surface area contributed by atoms with Crippen molar-refractivity contribution in [1.82, 2.24) is 9.03 Å². The van der Waals surface area contributed by atoms with E-state index in [9.17, 15) is 13.2 Å².